The van der Waals surface area contributed by atoms with Gasteiger partial charge in [0.2, 0.25) is 11.8 Å². The number of hydrogen-bond acceptors (Lipinski definition) is 7. The molecule has 6 nitrogen and oxygen atoms in total. The third-order valence-electron chi connectivity index (χ3n) is 4.14. The summed E-state index contributed by atoms with van der Waals surface area (Å²) in [4.78, 5) is 16.6. The number of carbonyl (C=O) groups excluding carboxylic acids is 1. The number of anilines is 1. The quantitative estimate of drug-likeness (QED) is 0.378. The molecule has 2 aromatic heterocycles. The lowest BCUT2D eigenvalue weighted by atomic mass is 10.2. The highest BCUT2D eigenvalue weighted by atomic mass is 32.2. The summed E-state index contributed by atoms with van der Waals surface area (Å²) in [5, 5.41) is 11.5. The molecule has 31 heavy (non-hydrogen) atoms. The molecule has 2 aromatic carbocycles. The maximum absolute atomic E-state index is 12.8. The molecule has 0 aliphatic rings. The Morgan fingerprint density at radius 2 is 1.94 bits per heavy atom. The zero-order chi connectivity index (χ0) is 21.8. The molecule has 1 amide bonds. The summed E-state index contributed by atoms with van der Waals surface area (Å²) in [6.07, 6.45) is -3.30. The fourth-order valence-electron chi connectivity index (χ4n) is 2.74. The number of aryl methyl sites for hydroxylation is 2. The van der Waals surface area contributed by atoms with Gasteiger partial charge in [-0.1, -0.05) is 30.0 Å². The van der Waals surface area contributed by atoms with E-state index in [0.717, 1.165) is 39.1 Å². The number of para-hydroxylation sites is 1. The van der Waals surface area contributed by atoms with Crippen molar-refractivity contribution in [1.29, 1.82) is 0 Å². The summed E-state index contributed by atoms with van der Waals surface area (Å²) >= 11 is 2.63. The molecule has 0 unspecified atom stereocenters. The summed E-state index contributed by atoms with van der Waals surface area (Å²) in [6, 6.07) is 12.3. The first kappa shape index (κ1) is 21.3. The predicted octanol–water partition coefficient (Wildman–Crippen LogP) is 5.21. The number of thioether (sulfide) groups is 1. The van der Waals surface area contributed by atoms with Crippen LogP contribution in [0.15, 0.2) is 58.2 Å². The molecule has 0 saturated heterocycles. The van der Waals surface area contributed by atoms with Gasteiger partial charge in [-0.2, -0.15) is 13.2 Å². The van der Waals surface area contributed by atoms with Crippen molar-refractivity contribution in [3.63, 3.8) is 0 Å². The number of nitrogens with one attached hydrogen (secondary N) is 1. The number of nitrogens with zero attached hydrogens (tertiary/aromatic N) is 3. The van der Waals surface area contributed by atoms with Crippen molar-refractivity contribution in [2.24, 2.45) is 0 Å². The topological polar surface area (TPSA) is 80.9 Å². The van der Waals surface area contributed by atoms with E-state index < -0.39 is 17.6 Å². The lowest BCUT2D eigenvalue weighted by molar-refractivity contribution is -0.137. The van der Waals surface area contributed by atoms with Crippen molar-refractivity contribution in [2.45, 2.75) is 24.2 Å². The second-order valence-corrected chi connectivity index (χ2v) is 8.49. The first-order chi connectivity index (χ1) is 14.9. The van der Waals surface area contributed by atoms with Crippen LogP contribution in [0, 0.1) is 0 Å². The number of thiazole rings is 1. The minimum Gasteiger partial charge on any atom is -0.416 e. The van der Waals surface area contributed by atoms with E-state index in [1.807, 2.05) is 24.3 Å². The van der Waals surface area contributed by atoms with Gasteiger partial charge in [-0.25, -0.2) is 4.98 Å². The van der Waals surface area contributed by atoms with Crippen molar-refractivity contribution in [1.82, 2.24) is 15.2 Å². The largest absolute Gasteiger partial charge is 0.416 e. The molecule has 0 atom stereocenters. The zero-order valence-electron chi connectivity index (χ0n) is 15.8. The third kappa shape index (κ3) is 5.61. The SMILES string of the molecule is O=C(CSc1nnc(CCc2nc3ccccc3s2)o1)Nc1cccc(C(F)(F)F)c1. The van der Waals surface area contributed by atoms with Crippen LogP contribution >= 0.6 is 23.1 Å². The lowest BCUT2D eigenvalue weighted by Crippen LogP contribution is -2.15. The van der Waals surface area contributed by atoms with E-state index in [9.17, 15) is 18.0 Å². The number of alkyl halides is 3. The fraction of sp³-hybridized carbons (Fsp3) is 0.200. The first-order valence-corrected chi connectivity index (χ1v) is 10.9. The van der Waals surface area contributed by atoms with Crippen LogP contribution in [-0.4, -0.2) is 26.8 Å². The number of halogens is 3. The molecule has 0 aliphatic carbocycles. The van der Waals surface area contributed by atoms with Crippen molar-refractivity contribution < 1.29 is 22.4 Å². The number of carbonyl (C=O) groups is 1. The van der Waals surface area contributed by atoms with Crippen molar-refractivity contribution in [3.8, 4) is 0 Å². The number of benzene rings is 2. The summed E-state index contributed by atoms with van der Waals surface area (Å²) in [6.45, 7) is 0. The third-order valence-corrected chi connectivity index (χ3v) is 6.05. The molecule has 11 heteroatoms. The van der Waals surface area contributed by atoms with Crippen LogP contribution in [0.4, 0.5) is 18.9 Å². The van der Waals surface area contributed by atoms with Gasteiger partial charge in [0.1, 0.15) is 0 Å². The van der Waals surface area contributed by atoms with Crippen molar-refractivity contribution >= 4 is 44.9 Å². The normalized spacial score (nSPS) is 11.7. The minimum atomic E-state index is -4.47. The van der Waals surface area contributed by atoms with Crippen LogP contribution in [0.3, 0.4) is 0 Å². The number of fused-ring (bicyclic) bond motifs is 1. The van der Waals surface area contributed by atoms with E-state index in [-0.39, 0.29) is 16.7 Å². The van der Waals surface area contributed by atoms with Gasteiger partial charge >= 0.3 is 6.18 Å². The molecular weight excluding hydrogens is 449 g/mol. The van der Waals surface area contributed by atoms with Crippen molar-refractivity contribution in [3.05, 3.63) is 65.0 Å². The molecular formula is C20H15F3N4O2S2. The van der Waals surface area contributed by atoms with Crippen LogP contribution in [0.2, 0.25) is 0 Å². The Kier molecular flexibility index (Phi) is 6.23. The van der Waals surface area contributed by atoms with Crippen LogP contribution < -0.4 is 5.32 Å². The highest BCUT2D eigenvalue weighted by Gasteiger charge is 2.30. The van der Waals surface area contributed by atoms with E-state index in [2.05, 4.69) is 20.5 Å². The highest BCUT2D eigenvalue weighted by molar-refractivity contribution is 7.99. The van der Waals surface area contributed by atoms with Gasteiger partial charge in [-0.3, -0.25) is 4.79 Å². The predicted molar refractivity (Wildman–Crippen MR) is 112 cm³/mol. The summed E-state index contributed by atoms with van der Waals surface area (Å²) in [5.74, 6) is -0.117. The average Bonchev–Trinajstić information content (AvgIpc) is 3.36. The number of aromatic nitrogens is 3. The van der Waals surface area contributed by atoms with Gasteiger partial charge in [-0.05, 0) is 30.3 Å². The first-order valence-electron chi connectivity index (χ1n) is 9.13. The van der Waals surface area contributed by atoms with Gasteiger partial charge in [0.15, 0.2) is 0 Å². The van der Waals surface area contributed by atoms with Crippen LogP contribution in [0.1, 0.15) is 16.5 Å². The molecule has 0 bridgehead atoms. The van der Waals surface area contributed by atoms with Crippen molar-refractivity contribution in [2.75, 3.05) is 11.1 Å². The molecule has 160 valence electrons. The van der Waals surface area contributed by atoms with E-state index in [0.29, 0.717) is 18.7 Å². The Hall–Kier alpha value is -2.92. The van der Waals surface area contributed by atoms with Gasteiger partial charge in [0, 0.05) is 18.5 Å². The monoisotopic (exact) mass is 464 g/mol. The average molecular weight is 464 g/mol. The maximum atomic E-state index is 12.8. The summed E-state index contributed by atoms with van der Waals surface area (Å²) < 4.78 is 44.9. The number of amides is 1. The Morgan fingerprint density at radius 3 is 2.74 bits per heavy atom. The molecule has 0 spiro atoms. The number of hydrogen-bond donors (Lipinski definition) is 1. The van der Waals surface area contributed by atoms with Gasteiger partial charge in [0.25, 0.3) is 5.22 Å². The van der Waals surface area contributed by atoms with E-state index >= 15 is 0 Å². The zero-order valence-corrected chi connectivity index (χ0v) is 17.5. The lowest BCUT2D eigenvalue weighted by Gasteiger charge is -2.09. The molecule has 0 aliphatic heterocycles. The Bertz CT molecular complexity index is 1170. The molecule has 0 saturated carbocycles. The Labute approximate surface area is 182 Å². The Morgan fingerprint density at radius 1 is 1.10 bits per heavy atom. The van der Waals surface area contributed by atoms with Gasteiger partial charge in [-0.15, -0.1) is 21.5 Å². The smallest absolute Gasteiger partial charge is 0.416 e. The van der Waals surface area contributed by atoms with E-state index in [1.165, 1.54) is 12.1 Å². The Balaban J connectivity index is 1.27. The van der Waals surface area contributed by atoms with Crippen LogP contribution in [0.25, 0.3) is 10.2 Å². The van der Waals surface area contributed by atoms with Gasteiger partial charge < -0.3 is 9.73 Å². The molecule has 0 radical (unpaired) electrons. The van der Waals surface area contributed by atoms with E-state index in [4.69, 9.17) is 4.42 Å². The molecule has 1 N–H and O–H groups in total. The van der Waals surface area contributed by atoms with Gasteiger partial charge in [0.05, 0.1) is 26.5 Å². The number of rotatable bonds is 7. The van der Waals surface area contributed by atoms with Crippen LogP contribution in [-0.2, 0) is 23.8 Å². The van der Waals surface area contributed by atoms with E-state index in [1.54, 1.807) is 11.3 Å². The summed E-state index contributed by atoms with van der Waals surface area (Å²) in [5.41, 5.74) is 0.200. The summed E-state index contributed by atoms with van der Waals surface area (Å²) in [7, 11) is 0. The maximum Gasteiger partial charge on any atom is 0.416 e. The molecule has 2 heterocycles. The van der Waals surface area contributed by atoms with Crippen LogP contribution in [0.5, 0.6) is 0 Å². The molecule has 4 rings (SSSR count). The minimum absolute atomic E-state index is 0.0717. The standard InChI is InChI=1S/C20H15F3N4O2S2/c21-20(22,23)12-4-3-5-13(10-12)24-16(28)11-30-19-27-26-17(29-19)8-9-18-25-14-6-1-2-7-15(14)31-18/h1-7,10H,8-9,11H2,(H,24,28). The molecule has 4 aromatic rings. The fourth-order valence-corrected chi connectivity index (χ4v) is 4.28. The second-order valence-electron chi connectivity index (χ2n) is 6.45. The second kappa shape index (κ2) is 9.06. The molecule has 0 fully saturated rings. The highest BCUT2D eigenvalue weighted by Crippen LogP contribution is 2.30.